The van der Waals surface area contributed by atoms with Crippen molar-refractivity contribution in [1.82, 2.24) is 4.98 Å². The van der Waals surface area contributed by atoms with Crippen LogP contribution in [0.15, 0.2) is 34.9 Å². The molecule has 0 aliphatic carbocycles. The molecule has 2 aromatic rings. The summed E-state index contributed by atoms with van der Waals surface area (Å²) < 4.78 is 20.0. The van der Waals surface area contributed by atoms with E-state index in [-0.39, 0.29) is 11.8 Å². The third-order valence-corrected chi connectivity index (χ3v) is 3.26. The molecule has 0 bridgehead atoms. The largest absolute Gasteiger partial charge is 0.435 e. The van der Waals surface area contributed by atoms with E-state index in [1.165, 1.54) is 12.3 Å². The second-order valence-electron chi connectivity index (χ2n) is 3.40. The normalized spacial score (nSPS) is 10.4. The molecule has 18 heavy (non-hydrogen) atoms. The highest BCUT2D eigenvalue weighted by atomic mass is 79.9. The first-order chi connectivity index (χ1) is 8.61. The average molecular weight is 351 g/mol. The fourth-order valence-electron chi connectivity index (χ4n) is 1.30. The molecule has 0 atom stereocenters. The van der Waals surface area contributed by atoms with Gasteiger partial charge in [-0.3, -0.25) is 0 Å². The van der Waals surface area contributed by atoms with E-state index in [0.717, 1.165) is 4.47 Å². The predicted molar refractivity (Wildman–Crippen MR) is 73.0 cm³/mol. The summed E-state index contributed by atoms with van der Waals surface area (Å²) in [4.78, 5) is 3.82. The van der Waals surface area contributed by atoms with Gasteiger partial charge >= 0.3 is 0 Å². The summed E-state index contributed by atoms with van der Waals surface area (Å²) in [5, 5.41) is 0.363. The molecule has 2 nitrogen and oxygen atoms in total. The minimum Gasteiger partial charge on any atom is -0.435 e. The van der Waals surface area contributed by atoms with E-state index < -0.39 is 5.82 Å². The summed E-state index contributed by atoms with van der Waals surface area (Å²) in [6.45, 7) is 0. The van der Waals surface area contributed by atoms with E-state index in [2.05, 4.69) is 20.9 Å². The summed E-state index contributed by atoms with van der Waals surface area (Å²) in [6.07, 6.45) is 1.43. The first-order valence-corrected chi connectivity index (χ1v) is 6.64. The lowest BCUT2D eigenvalue weighted by Gasteiger charge is -2.09. The van der Waals surface area contributed by atoms with Gasteiger partial charge in [-0.2, -0.15) is 0 Å². The summed E-state index contributed by atoms with van der Waals surface area (Å²) in [7, 11) is 0. The molecule has 1 aromatic heterocycles. The van der Waals surface area contributed by atoms with E-state index in [1.54, 1.807) is 18.2 Å². The van der Waals surface area contributed by atoms with E-state index in [1.807, 2.05) is 0 Å². The molecule has 0 spiro atoms. The highest BCUT2D eigenvalue weighted by molar-refractivity contribution is 9.10. The lowest BCUT2D eigenvalue weighted by atomic mass is 10.3. The van der Waals surface area contributed by atoms with Gasteiger partial charge in [0.1, 0.15) is 5.75 Å². The number of alkyl halides is 1. The number of hydrogen-bond acceptors (Lipinski definition) is 2. The Kier molecular flexibility index (Phi) is 4.43. The standard InChI is InChI=1S/C12H7BrCl2FNO/c13-8-1-2-10(9(15)5-8)18-12-11(16)7(6-14)3-4-17-12/h1-5H,6H2. The van der Waals surface area contributed by atoms with Crippen LogP contribution in [0.3, 0.4) is 0 Å². The molecule has 0 aliphatic heterocycles. The van der Waals surface area contributed by atoms with Crippen molar-refractivity contribution in [2.75, 3.05) is 0 Å². The minimum absolute atomic E-state index is 0.0543. The zero-order chi connectivity index (χ0) is 13.1. The number of pyridine rings is 1. The van der Waals surface area contributed by atoms with Crippen LogP contribution >= 0.6 is 39.1 Å². The number of hydrogen-bond donors (Lipinski definition) is 0. The van der Waals surface area contributed by atoms with Crippen LogP contribution in [0.25, 0.3) is 0 Å². The van der Waals surface area contributed by atoms with Crippen molar-refractivity contribution < 1.29 is 9.13 Å². The summed E-state index contributed by atoms with van der Waals surface area (Å²) in [6, 6.07) is 6.52. The smallest absolute Gasteiger partial charge is 0.256 e. The predicted octanol–water partition coefficient (Wildman–Crippen LogP) is 5.17. The number of rotatable bonds is 3. The Bertz CT molecular complexity index is 580. The molecule has 0 saturated carbocycles. The molecular weight excluding hydrogens is 344 g/mol. The average Bonchev–Trinajstić information content (AvgIpc) is 2.35. The van der Waals surface area contributed by atoms with Gasteiger partial charge in [0.25, 0.3) is 5.88 Å². The lowest BCUT2D eigenvalue weighted by molar-refractivity contribution is 0.420. The van der Waals surface area contributed by atoms with Gasteiger partial charge in [0.05, 0.1) is 10.9 Å². The van der Waals surface area contributed by atoms with E-state index in [4.69, 9.17) is 27.9 Å². The first kappa shape index (κ1) is 13.6. The zero-order valence-corrected chi connectivity index (χ0v) is 12.1. The molecule has 1 heterocycles. The maximum absolute atomic E-state index is 13.8. The van der Waals surface area contributed by atoms with Crippen LogP contribution in [0.4, 0.5) is 4.39 Å². The van der Waals surface area contributed by atoms with Gasteiger partial charge in [-0.1, -0.05) is 27.5 Å². The SMILES string of the molecule is Fc1c(CCl)ccnc1Oc1ccc(Br)cc1Cl. The minimum atomic E-state index is -0.577. The van der Waals surface area contributed by atoms with Crippen LogP contribution in [-0.2, 0) is 5.88 Å². The van der Waals surface area contributed by atoms with Crippen molar-refractivity contribution in [3.63, 3.8) is 0 Å². The van der Waals surface area contributed by atoms with Crippen LogP contribution in [-0.4, -0.2) is 4.98 Å². The molecule has 0 saturated heterocycles. The maximum Gasteiger partial charge on any atom is 0.256 e. The number of halogens is 4. The highest BCUT2D eigenvalue weighted by Gasteiger charge is 2.12. The molecular formula is C12H7BrCl2FNO. The molecule has 0 N–H and O–H groups in total. The molecule has 0 radical (unpaired) electrons. The van der Waals surface area contributed by atoms with Crippen LogP contribution < -0.4 is 4.74 Å². The Labute approximate surface area is 122 Å². The Hall–Kier alpha value is -0.840. The molecule has 0 unspecified atom stereocenters. The number of ether oxygens (including phenoxy) is 1. The summed E-state index contributed by atoms with van der Waals surface area (Å²) >= 11 is 14.8. The Morgan fingerprint density at radius 1 is 1.33 bits per heavy atom. The molecule has 0 fully saturated rings. The van der Waals surface area contributed by atoms with E-state index >= 15 is 0 Å². The molecule has 2 rings (SSSR count). The number of nitrogens with zero attached hydrogens (tertiary/aromatic N) is 1. The Morgan fingerprint density at radius 2 is 2.11 bits per heavy atom. The lowest BCUT2D eigenvalue weighted by Crippen LogP contribution is -1.96. The highest BCUT2D eigenvalue weighted by Crippen LogP contribution is 2.32. The van der Waals surface area contributed by atoms with Crippen molar-refractivity contribution in [3.8, 4) is 11.6 Å². The van der Waals surface area contributed by atoms with Crippen LogP contribution in [0.2, 0.25) is 5.02 Å². The third kappa shape index (κ3) is 2.94. The van der Waals surface area contributed by atoms with Gasteiger partial charge in [-0.05, 0) is 24.3 Å². The Balaban J connectivity index is 2.34. The molecule has 94 valence electrons. The molecule has 6 heteroatoms. The van der Waals surface area contributed by atoms with Crippen molar-refractivity contribution in [1.29, 1.82) is 0 Å². The van der Waals surface area contributed by atoms with Crippen molar-refractivity contribution in [3.05, 3.63) is 51.3 Å². The van der Waals surface area contributed by atoms with Gasteiger partial charge in [-0.25, -0.2) is 9.37 Å². The van der Waals surface area contributed by atoms with Crippen LogP contribution in [0, 0.1) is 5.82 Å². The van der Waals surface area contributed by atoms with Crippen molar-refractivity contribution in [2.24, 2.45) is 0 Å². The monoisotopic (exact) mass is 349 g/mol. The van der Waals surface area contributed by atoms with E-state index in [0.29, 0.717) is 16.3 Å². The quantitative estimate of drug-likeness (QED) is 0.712. The molecule has 0 aliphatic rings. The van der Waals surface area contributed by atoms with Crippen LogP contribution in [0.5, 0.6) is 11.6 Å². The van der Waals surface area contributed by atoms with Crippen molar-refractivity contribution >= 4 is 39.1 Å². The van der Waals surface area contributed by atoms with Gasteiger partial charge in [0, 0.05) is 16.2 Å². The second-order valence-corrected chi connectivity index (χ2v) is 4.99. The molecule has 0 amide bonds. The third-order valence-electron chi connectivity index (χ3n) is 2.18. The molecule has 1 aromatic carbocycles. The van der Waals surface area contributed by atoms with Gasteiger partial charge in [-0.15, -0.1) is 11.6 Å². The summed E-state index contributed by atoms with van der Waals surface area (Å²) in [5.41, 5.74) is 0.329. The van der Waals surface area contributed by atoms with Gasteiger partial charge in [0.2, 0.25) is 0 Å². The maximum atomic E-state index is 13.8. The number of aromatic nitrogens is 1. The second kappa shape index (κ2) is 5.87. The van der Waals surface area contributed by atoms with Crippen LogP contribution in [0.1, 0.15) is 5.56 Å². The topological polar surface area (TPSA) is 22.1 Å². The fourth-order valence-corrected chi connectivity index (χ4v) is 2.22. The number of benzene rings is 1. The zero-order valence-electron chi connectivity index (χ0n) is 8.96. The van der Waals surface area contributed by atoms with E-state index in [9.17, 15) is 4.39 Å². The fraction of sp³-hybridized carbons (Fsp3) is 0.0833. The van der Waals surface area contributed by atoms with Gasteiger partial charge in [0.15, 0.2) is 5.82 Å². The van der Waals surface area contributed by atoms with Gasteiger partial charge < -0.3 is 4.74 Å². The first-order valence-electron chi connectivity index (χ1n) is 4.94. The summed E-state index contributed by atoms with van der Waals surface area (Å²) in [5.74, 6) is -0.333. The van der Waals surface area contributed by atoms with Crippen molar-refractivity contribution in [2.45, 2.75) is 5.88 Å². The Morgan fingerprint density at radius 3 is 2.78 bits per heavy atom.